The van der Waals surface area contributed by atoms with Crippen LogP contribution in [-0.4, -0.2) is 30.9 Å². The van der Waals surface area contributed by atoms with Crippen molar-refractivity contribution in [3.63, 3.8) is 0 Å². The number of nitrogens with zero attached hydrogens (tertiary/aromatic N) is 1. The topological polar surface area (TPSA) is 57.6 Å². The van der Waals surface area contributed by atoms with Crippen LogP contribution in [0.4, 0.5) is 0 Å². The van der Waals surface area contributed by atoms with Crippen molar-refractivity contribution in [3.8, 4) is 0 Å². The van der Waals surface area contributed by atoms with E-state index in [0.29, 0.717) is 5.92 Å². The van der Waals surface area contributed by atoms with Crippen LogP contribution in [0.2, 0.25) is 0 Å². The summed E-state index contributed by atoms with van der Waals surface area (Å²) in [6.07, 6.45) is 4.36. The monoisotopic (exact) mass is 311 g/mol. The van der Waals surface area contributed by atoms with Crippen LogP contribution in [0.15, 0.2) is 24.3 Å². The summed E-state index contributed by atoms with van der Waals surface area (Å²) in [5.74, 6) is 0.419. The lowest BCUT2D eigenvalue weighted by molar-refractivity contribution is 0.213. The van der Waals surface area contributed by atoms with Gasteiger partial charge in [0.25, 0.3) is 0 Å². The number of benzene rings is 1. The van der Waals surface area contributed by atoms with E-state index in [9.17, 15) is 8.42 Å². The van der Waals surface area contributed by atoms with Gasteiger partial charge in [-0.2, -0.15) is 0 Å². The SMILES string of the molecule is CC1CCCCC1N(C)S(=O)(=O)Cc1cccc(CO)c1. The normalized spacial score (nSPS) is 23.4. The first-order chi connectivity index (χ1) is 9.94. The lowest BCUT2D eigenvalue weighted by Crippen LogP contribution is -2.43. The molecule has 1 aliphatic rings. The molecule has 5 heteroatoms. The van der Waals surface area contributed by atoms with E-state index < -0.39 is 10.0 Å². The van der Waals surface area contributed by atoms with Crippen molar-refractivity contribution in [2.45, 2.75) is 51.0 Å². The molecule has 21 heavy (non-hydrogen) atoms. The predicted octanol–water partition coefficient (Wildman–Crippen LogP) is 2.52. The number of aliphatic hydroxyl groups excluding tert-OH is 1. The Balaban J connectivity index is 2.13. The van der Waals surface area contributed by atoms with Crippen LogP contribution in [0.3, 0.4) is 0 Å². The van der Waals surface area contributed by atoms with E-state index in [1.807, 2.05) is 0 Å². The lowest BCUT2D eigenvalue weighted by atomic mass is 9.86. The fraction of sp³-hybridized carbons (Fsp3) is 0.625. The van der Waals surface area contributed by atoms with Gasteiger partial charge in [0.2, 0.25) is 10.0 Å². The number of hydrogen-bond acceptors (Lipinski definition) is 3. The molecule has 2 unspecified atom stereocenters. The van der Waals surface area contributed by atoms with E-state index in [-0.39, 0.29) is 18.4 Å². The second-order valence-electron chi connectivity index (χ2n) is 6.08. The average Bonchev–Trinajstić information content (AvgIpc) is 2.47. The summed E-state index contributed by atoms with van der Waals surface area (Å²) in [6, 6.07) is 7.26. The fourth-order valence-corrected chi connectivity index (χ4v) is 4.70. The zero-order valence-corrected chi connectivity index (χ0v) is 13.6. The van der Waals surface area contributed by atoms with Gasteiger partial charge in [-0.3, -0.25) is 0 Å². The first-order valence-corrected chi connectivity index (χ1v) is 9.19. The van der Waals surface area contributed by atoms with Crippen LogP contribution < -0.4 is 0 Å². The molecule has 1 aliphatic carbocycles. The number of hydrogen-bond donors (Lipinski definition) is 1. The highest BCUT2D eigenvalue weighted by Gasteiger charge is 2.31. The highest BCUT2D eigenvalue weighted by Crippen LogP contribution is 2.29. The van der Waals surface area contributed by atoms with E-state index in [2.05, 4.69) is 6.92 Å². The minimum Gasteiger partial charge on any atom is -0.392 e. The van der Waals surface area contributed by atoms with Gasteiger partial charge in [0.1, 0.15) is 0 Å². The van der Waals surface area contributed by atoms with Gasteiger partial charge < -0.3 is 5.11 Å². The third kappa shape index (κ3) is 4.05. The van der Waals surface area contributed by atoms with Gasteiger partial charge in [0.15, 0.2) is 0 Å². The Morgan fingerprint density at radius 3 is 2.57 bits per heavy atom. The van der Waals surface area contributed by atoms with E-state index in [1.54, 1.807) is 35.6 Å². The number of aliphatic hydroxyl groups is 1. The minimum atomic E-state index is -3.32. The summed E-state index contributed by atoms with van der Waals surface area (Å²) in [4.78, 5) is 0. The summed E-state index contributed by atoms with van der Waals surface area (Å²) in [7, 11) is -1.61. The predicted molar refractivity (Wildman–Crippen MR) is 84.2 cm³/mol. The molecule has 118 valence electrons. The van der Waals surface area contributed by atoms with E-state index >= 15 is 0 Å². The van der Waals surface area contributed by atoms with Gasteiger partial charge in [-0.15, -0.1) is 0 Å². The molecule has 1 aromatic rings. The molecular formula is C16H25NO3S. The van der Waals surface area contributed by atoms with E-state index in [1.165, 1.54) is 6.42 Å². The Bertz CT molecular complexity index is 571. The Labute approximate surface area is 127 Å². The average molecular weight is 311 g/mol. The highest BCUT2D eigenvalue weighted by atomic mass is 32.2. The molecule has 0 spiro atoms. The first kappa shape index (κ1) is 16.5. The van der Waals surface area contributed by atoms with Crippen LogP contribution in [0.5, 0.6) is 0 Å². The van der Waals surface area contributed by atoms with Gasteiger partial charge in [0, 0.05) is 13.1 Å². The van der Waals surface area contributed by atoms with Crippen LogP contribution in [0.1, 0.15) is 43.7 Å². The molecule has 0 heterocycles. The summed E-state index contributed by atoms with van der Waals surface area (Å²) in [5, 5.41) is 9.15. The van der Waals surface area contributed by atoms with Gasteiger partial charge in [0.05, 0.1) is 12.4 Å². The summed E-state index contributed by atoms with van der Waals surface area (Å²) in [5.41, 5.74) is 1.48. The summed E-state index contributed by atoms with van der Waals surface area (Å²) < 4.78 is 26.8. The highest BCUT2D eigenvalue weighted by molar-refractivity contribution is 7.88. The van der Waals surface area contributed by atoms with Crippen molar-refractivity contribution < 1.29 is 13.5 Å². The summed E-state index contributed by atoms with van der Waals surface area (Å²) in [6.45, 7) is 2.08. The van der Waals surface area contributed by atoms with E-state index in [4.69, 9.17) is 5.11 Å². The van der Waals surface area contributed by atoms with Crippen molar-refractivity contribution in [2.75, 3.05) is 7.05 Å². The molecule has 1 saturated carbocycles. The third-order valence-electron chi connectivity index (χ3n) is 4.50. The molecule has 0 aromatic heterocycles. The summed E-state index contributed by atoms with van der Waals surface area (Å²) >= 11 is 0. The molecule has 0 aliphatic heterocycles. The largest absolute Gasteiger partial charge is 0.392 e. The van der Waals surface area contributed by atoms with Crippen LogP contribution in [0, 0.1) is 5.92 Å². The number of rotatable bonds is 5. The zero-order valence-electron chi connectivity index (χ0n) is 12.8. The second kappa shape index (κ2) is 6.90. The Hall–Kier alpha value is -0.910. The fourth-order valence-electron chi connectivity index (χ4n) is 3.17. The molecule has 2 rings (SSSR count). The Morgan fingerprint density at radius 1 is 1.24 bits per heavy atom. The smallest absolute Gasteiger partial charge is 0.218 e. The maximum Gasteiger partial charge on any atom is 0.218 e. The standard InChI is InChI=1S/C16H25NO3S/c1-13-6-3-4-9-16(13)17(2)21(19,20)12-15-8-5-7-14(10-15)11-18/h5,7-8,10,13,16,18H,3-4,6,9,11-12H2,1-2H3. The van der Waals surface area contributed by atoms with Crippen molar-refractivity contribution in [3.05, 3.63) is 35.4 Å². The van der Waals surface area contributed by atoms with Crippen LogP contribution >= 0.6 is 0 Å². The minimum absolute atomic E-state index is 0.000556. The van der Waals surface area contributed by atoms with Gasteiger partial charge >= 0.3 is 0 Å². The van der Waals surface area contributed by atoms with Crippen molar-refractivity contribution >= 4 is 10.0 Å². The lowest BCUT2D eigenvalue weighted by Gasteiger charge is -2.35. The van der Waals surface area contributed by atoms with Crippen molar-refractivity contribution in [1.29, 1.82) is 0 Å². The molecule has 0 radical (unpaired) electrons. The zero-order chi connectivity index (χ0) is 15.5. The molecule has 1 N–H and O–H groups in total. The molecule has 0 amide bonds. The molecule has 1 fully saturated rings. The van der Waals surface area contributed by atoms with Gasteiger partial charge in [-0.25, -0.2) is 12.7 Å². The first-order valence-electron chi connectivity index (χ1n) is 7.58. The number of sulfonamides is 1. The maximum absolute atomic E-state index is 12.6. The van der Waals surface area contributed by atoms with Crippen LogP contribution in [-0.2, 0) is 22.4 Å². The van der Waals surface area contributed by atoms with Crippen LogP contribution in [0.25, 0.3) is 0 Å². The molecule has 1 aromatic carbocycles. The Morgan fingerprint density at radius 2 is 1.90 bits per heavy atom. The maximum atomic E-state index is 12.6. The molecule has 4 nitrogen and oxygen atoms in total. The van der Waals surface area contributed by atoms with Crippen molar-refractivity contribution in [1.82, 2.24) is 4.31 Å². The molecule has 0 saturated heterocycles. The van der Waals surface area contributed by atoms with Crippen molar-refractivity contribution in [2.24, 2.45) is 5.92 Å². The molecule has 2 atom stereocenters. The van der Waals surface area contributed by atoms with Gasteiger partial charge in [-0.05, 0) is 29.9 Å². The molecule has 0 bridgehead atoms. The Kier molecular flexibility index (Phi) is 5.41. The quantitative estimate of drug-likeness (QED) is 0.909. The van der Waals surface area contributed by atoms with Gasteiger partial charge in [-0.1, -0.05) is 44.0 Å². The molecular weight excluding hydrogens is 286 g/mol. The second-order valence-corrected chi connectivity index (χ2v) is 8.11. The van der Waals surface area contributed by atoms with E-state index in [0.717, 1.165) is 30.4 Å². The third-order valence-corrected chi connectivity index (χ3v) is 6.34.